The molecule has 1 aromatic heterocycles. The highest BCUT2D eigenvalue weighted by molar-refractivity contribution is 7.93. The van der Waals surface area contributed by atoms with Gasteiger partial charge in [-0.2, -0.15) is 21.6 Å². The second-order valence-corrected chi connectivity index (χ2v) is 6.68. The minimum atomic E-state index is -5.69. The van der Waals surface area contributed by atoms with E-state index < -0.39 is 32.8 Å². The van der Waals surface area contributed by atoms with Crippen molar-refractivity contribution in [2.45, 2.75) is 5.51 Å². The Hall–Kier alpha value is -2.34. The van der Waals surface area contributed by atoms with Gasteiger partial charge in [0.05, 0.1) is 18.4 Å². The molecule has 1 aromatic carbocycles. The number of rotatable bonds is 5. The first kappa shape index (κ1) is 18.0. The Balaban J connectivity index is 2.39. The SMILES string of the molecule is COC(=O)c1cc(Oc2nccs2)ccc1NS(=O)(=O)C(F)(F)F. The third kappa shape index (κ3) is 3.94. The first-order valence-electron chi connectivity index (χ1n) is 6.03. The number of thiazole rings is 1. The number of benzene rings is 1. The number of alkyl halides is 3. The molecule has 12 heteroatoms. The first-order valence-corrected chi connectivity index (χ1v) is 8.39. The molecule has 0 aliphatic rings. The quantitative estimate of drug-likeness (QED) is 0.799. The van der Waals surface area contributed by atoms with Gasteiger partial charge in [-0.05, 0) is 18.2 Å². The number of anilines is 1. The van der Waals surface area contributed by atoms with Crippen molar-refractivity contribution in [3.8, 4) is 10.9 Å². The molecular weight excluding hydrogens is 373 g/mol. The molecule has 0 atom stereocenters. The molecule has 0 saturated carbocycles. The number of ether oxygens (including phenoxy) is 2. The van der Waals surface area contributed by atoms with E-state index >= 15 is 0 Å². The molecule has 2 aromatic rings. The van der Waals surface area contributed by atoms with Crippen molar-refractivity contribution in [3.63, 3.8) is 0 Å². The molecule has 7 nitrogen and oxygen atoms in total. The van der Waals surface area contributed by atoms with Crippen LogP contribution in [-0.2, 0) is 14.8 Å². The molecule has 0 amide bonds. The van der Waals surface area contributed by atoms with Crippen molar-refractivity contribution in [2.24, 2.45) is 0 Å². The van der Waals surface area contributed by atoms with Crippen molar-refractivity contribution in [1.82, 2.24) is 4.98 Å². The summed E-state index contributed by atoms with van der Waals surface area (Å²) in [5.41, 5.74) is -6.57. The minimum Gasteiger partial charge on any atom is -0.465 e. The van der Waals surface area contributed by atoms with Gasteiger partial charge in [0, 0.05) is 11.6 Å². The first-order chi connectivity index (χ1) is 11.1. The molecule has 0 spiro atoms. The van der Waals surface area contributed by atoms with Gasteiger partial charge in [0.15, 0.2) is 0 Å². The smallest absolute Gasteiger partial charge is 0.465 e. The van der Waals surface area contributed by atoms with Gasteiger partial charge >= 0.3 is 21.5 Å². The number of hydrogen-bond acceptors (Lipinski definition) is 7. The zero-order chi connectivity index (χ0) is 18.0. The van der Waals surface area contributed by atoms with E-state index in [1.54, 1.807) is 5.38 Å². The lowest BCUT2D eigenvalue weighted by Gasteiger charge is -2.14. The Kier molecular flexibility index (Phi) is 4.99. The van der Waals surface area contributed by atoms with E-state index in [1.165, 1.54) is 17.0 Å². The minimum absolute atomic E-state index is 0.0697. The van der Waals surface area contributed by atoms with Gasteiger partial charge in [0.1, 0.15) is 5.75 Å². The number of carbonyl (C=O) groups excluding carboxylic acids is 1. The number of nitrogens with one attached hydrogen (secondary N) is 1. The molecule has 0 saturated heterocycles. The summed E-state index contributed by atoms with van der Waals surface area (Å²) in [5, 5.41) is 1.86. The average molecular weight is 382 g/mol. The number of methoxy groups -OCH3 is 1. The van der Waals surface area contributed by atoms with E-state index in [1.807, 2.05) is 0 Å². The lowest BCUT2D eigenvalue weighted by Crippen LogP contribution is -2.30. The Bertz CT molecular complexity index is 835. The van der Waals surface area contributed by atoms with Gasteiger partial charge < -0.3 is 9.47 Å². The number of sulfonamides is 1. The normalized spacial score (nSPS) is 11.8. The summed E-state index contributed by atoms with van der Waals surface area (Å²) in [7, 11) is -4.69. The largest absolute Gasteiger partial charge is 0.516 e. The molecule has 1 N–H and O–H groups in total. The van der Waals surface area contributed by atoms with Crippen LogP contribution in [-0.4, -0.2) is 32.0 Å². The Morgan fingerprint density at radius 1 is 1.33 bits per heavy atom. The number of hydrogen-bond donors (Lipinski definition) is 1. The fraction of sp³-hybridized carbons (Fsp3) is 0.167. The fourth-order valence-electron chi connectivity index (χ4n) is 1.52. The third-order valence-corrected chi connectivity index (χ3v) is 4.31. The number of esters is 1. The van der Waals surface area contributed by atoms with Crippen LogP contribution >= 0.6 is 11.3 Å². The Labute approximate surface area is 138 Å². The maximum absolute atomic E-state index is 12.5. The summed E-state index contributed by atoms with van der Waals surface area (Å²) < 4.78 is 70.9. The van der Waals surface area contributed by atoms with E-state index in [4.69, 9.17) is 4.74 Å². The molecule has 130 valence electrons. The Morgan fingerprint density at radius 3 is 2.58 bits per heavy atom. The van der Waals surface area contributed by atoms with Crippen LogP contribution in [0.4, 0.5) is 18.9 Å². The maximum Gasteiger partial charge on any atom is 0.516 e. The van der Waals surface area contributed by atoms with E-state index in [9.17, 15) is 26.4 Å². The lowest BCUT2D eigenvalue weighted by atomic mass is 10.2. The van der Waals surface area contributed by atoms with Crippen molar-refractivity contribution in [1.29, 1.82) is 0 Å². The van der Waals surface area contributed by atoms with Crippen LogP contribution < -0.4 is 9.46 Å². The van der Waals surface area contributed by atoms with Gasteiger partial charge in [-0.1, -0.05) is 11.3 Å². The predicted octanol–water partition coefficient (Wildman–Crippen LogP) is 2.98. The molecule has 24 heavy (non-hydrogen) atoms. The highest BCUT2D eigenvalue weighted by Crippen LogP contribution is 2.31. The summed E-state index contributed by atoms with van der Waals surface area (Å²) in [5.74, 6) is -0.972. The van der Waals surface area contributed by atoms with Gasteiger partial charge in [-0.15, -0.1) is 0 Å². The standard InChI is InChI=1S/C12H9F3N2O5S2/c1-21-10(18)8-6-7(22-11-16-4-5-23-11)2-3-9(8)17-24(19,20)12(13,14)15/h2-6,17H,1H3. The third-order valence-electron chi connectivity index (χ3n) is 2.56. The topological polar surface area (TPSA) is 94.6 Å². The second kappa shape index (κ2) is 6.65. The fourth-order valence-corrected chi connectivity index (χ4v) is 2.61. The van der Waals surface area contributed by atoms with Crippen LogP contribution in [0.3, 0.4) is 0 Å². The molecule has 0 unspecified atom stereocenters. The summed E-state index contributed by atoms with van der Waals surface area (Å²) in [6.45, 7) is 0. The van der Waals surface area contributed by atoms with E-state index in [-0.39, 0.29) is 10.9 Å². The van der Waals surface area contributed by atoms with Crippen LogP contribution in [0.1, 0.15) is 10.4 Å². The zero-order valence-corrected chi connectivity index (χ0v) is 13.5. The predicted molar refractivity (Wildman–Crippen MR) is 78.6 cm³/mol. The molecule has 0 radical (unpaired) electrons. The molecule has 0 fully saturated rings. The van der Waals surface area contributed by atoms with E-state index in [0.29, 0.717) is 0 Å². The van der Waals surface area contributed by atoms with Gasteiger partial charge in [0.2, 0.25) is 0 Å². The monoisotopic (exact) mass is 382 g/mol. The van der Waals surface area contributed by atoms with Crippen LogP contribution in [0.15, 0.2) is 29.8 Å². The number of aromatic nitrogens is 1. The molecule has 2 rings (SSSR count). The average Bonchev–Trinajstić information content (AvgIpc) is 2.99. The summed E-state index contributed by atoms with van der Waals surface area (Å²) in [6, 6.07) is 3.18. The summed E-state index contributed by atoms with van der Waals surface area (Å²) >= 11 is 1.15. The zero-order valence-electron chi connectivity index (χ0n) is 11.8. The van der Waals surface area contributed by atoms with E-state index in [2.05, 4.69) is 9.72 Å². The molecule has 1 heterocycles. The van der Waals surface area contributed by atoms with Crippen molar-refractivity contribution >= 4 is 33.0 Å². The number of halogens is 3. The van der Waals surface area contributed by atoms with Crippen LogP contribution in [0.5, 0.6) is 10.9 Å². The molecule has 0 bridgehead atoms. The van der Waals surface area contributed by atoms with E-state index in [0.717, 1.165) is 30.6 Å². The summed E-state index contributed by atoms with van der Waals surface area (Å²) in [4.78, 5) is 15.6. The Morgan fingerprint density at radius 2 is 2.04 bits per heavy atom. The number of carbonyl (C=O) groups is 1. The molecule has 0 aliphatic carbocycles. The number of nitrogens with zero attached hydrogens (tertiary/aromatic N) is 1. The van der Waals surface area contributed by atoms with Crippen molar-refractivity contribution in [3.05, 3.63) is 35.3 Å². The van der Waals surface area contributed by atoms with Crippen molar-refractivity contribution in [2.75, 3.05) is 11.8 Å². The maximum atomic E-state index is 12.5. The van der Waals surface area contributed by atoms with Crippen LogP contribution in [0.2, 0.25) is 0 Å². The van der Waals surface area contributed by atoms with Gasteiger partial charge in [-0.25, -0.2) is 9.78 Å². The lowest BCUT2D eigenvalue weighted by molar-refractivity contribution is -0.0429. The summed E-state index contributed by atoms with van der Waals surface area (Å²) in [6.07, 6.45) is 1.47. The van der Waals surface area contributed by atoms with Crippen LogP contribution in [0.25, 0.3) is 0 Å². The van der Waals surface area contributed by atoms with Gasteiger partial charge in [-0.3, -0.25) is 4.72 Å². The second-order valence-electron chi connectivity index (χ2n) is 4.15. The molecular formula is C12H9F3N2O5S2. The van der Waals surface area contributed by atoms with Crippen LogP contribution in [0, 0.1) is 0 Å². The van der Waals surface area contributed by atoms with Crippen molar-refractivity contribution < 1.29 is 35.9 Å². The molecule has 0 aliphatic heterocycles. The van der Waals surface area contributed by atoms with Gasteiger partial charge in [0.25, 0.3) is 5.19 Å². The highest BCUT2D eigenvalue weighted by Gasteiger charge is 2.46. The highest BCUT2D eigenvalue weighted by atomic mass is 32.2.